The number of rotatable bonds is 7. The van der Waals surface area contributed by atoms with Crippen LogP contribution in [0.1, 0.15) is 20.3 Å². The second kappa shape index (κ2) is 7.49. The third-order valence-corrected chi connectivity index (χ3v) is 2.54. The smallest absolute Gasteiger partial charge is 0.255 e. The van der Waals surface area contributed by atoms with Crippen molar-refractivity contribution in [2.24, 2.45) is 17.4 Å². The van der Waals surface area contributed by atoms with Crippen LogP contribution >= 0.6 is 0 Å². The number of amides is 2. The number of carbonyl (C=O) groups is 2. The van der Waals surface area contributed by atoms with Crippen LogP contribution in [-0.2, 0) is 9.59 Å². The van der Waals surface area contributed by atoms with Crippen LogP contribution in [0.5, 0.6) is 5.75 Å². The number of hydrogen-bond acceptors (Lipinski definition) is 4. The summed E-state index contributed by atoms with van der Waals surface area (Å²) in [5.41, 5.74) is 11.4. The number of carbonyl (C=O) groups excluding carboxylic acids is 2. The lowest BCUT2D eigenvalue weighted by Crippen LogP contribution is -2.36. The molecule has 0 aliphatic rings. The van der Waals surface area contributed by atoms with E-state index >= 15 is 0 Å². The molecule has 0 aliphatic carbocycles. The van der Waals surface area contributed by atoms with E-state index in [1.807, 2.05) is 13.8 Å². The Balaban J connectivity index is 2.61. The van der Waals surface area contributed by atoms with E-state index in [4.69, 9.17) is 16.2 Å². The summed E-state index contributed by atoms with van der Waals surface area (Å²) in [4.78, 5) is 22.5. The first-order valence-electron chi connectivity index (χ1n) is 6.46. The summed E-state index contributed by atoms with van der Waals surface area (Å²) in [5.74, 6) is 0.00385. The summed E-state index contributed by atoms with van der Waals surface area (Å²) in [7, 11) is 0. The van der Waals surface area contributed by atoms with Crippen molar-refractivity contribution in [2.75, 3.05) is 11.9 Å². The summed E-state index contributed by atoms with van der Waals surface area (Å²) in [6, 6.07) is 6.16. The number of nitrogens with one attached hydrogen (secondary N) is 1. The molecular weight excluding hydrogens is 258 g/mol. The number of ether oxygens (including phenoxy) is 1. The molecule has 5 N–H and O–H groups in total. The molecule has 0 bridgehead atoms. The molecule has 0 saturated heterocycles. The fourth-order valence-electron chi connectivity index (χ4n) is 1.67. The van der Waals surface area contributed by atoms with E-state index in [1.54, 1.807) is 24.3 Å². The van der Waals surface area contributed by atoms with Crippen molar-refractivity contribution >= 4 is 17.5 Å². The molecule has 0 aliphatic heterocycles. The molecule has 0 spiro atoms. The number of benzene rings is 1. The quantitative estimate of drug-likeness (QED) is 0.688. The SMILES string of the molecule is CC(C)C[C@H](N)C(=O)Nc1cccc(OCC(N)=O)c1. The van der Waals surface area contributed by atoms with E-state index in [0.29, 0.717) is 23.8 Å². The summed E-state index contributed by atoms with van der Waals surface area (Å²) in [6.07, 6.45) is 0.615. The van der Waals surface area contributed by atoms with Gasteiger partial charge in [0.2, 0.25) is 5.91 Å². The monoisotopic (exact) mass is 279 g/mol. The van der Waals surface area contributed by atoms with E-state index in [2.05, 4.69) is 5.32 Å². The van der Waals surface area contributed by atoms with Gasteiger partial charge in [0.05, 0.1) is 6.04 Å². The molecule has 1 aromatic rings. The predicted octanol–water partition coefficient (Wildman–Crippen LogP) is 0.863. The molecule has 0 fully saturated rings. The Bertz CT molecular complexity index is 474. The third-order valence-electron chi connectivity index (χ3n) is 2.54. The Hall–Kier alpha value is -2.08. The van der Waals surface area contributed by atoms with Crippen molar-refractivity contribution in [2.45, 2.75) is 26.3 Å². The standard InChI is InChI=1S/C14H21N3O3/c1-9(2)6-12(15)14(19)17-10-4-3-5-11(7-10)20-8-13(16)18/h3-5,7,9,12H,6,8,15H2,1-2H3,(H2,16,18)(H,17,19)/t12-/m0/s1. The Kier molecular flexibility index (Phi) is 5.99. The summed E-state index contributed by atoms with van der Waals surface area (Å²) in [5, 5.41) is 2.71. The van der Waals surface area contributed by atoms with Crippen LogP contribution in [0.3, 0.4) is 0 Å². The Morgan fingerprint density at radius 2 is 2.05 bits per heavy atom. The molecule has 2 amide bonds. The minimum Gasteiger partial charge on any atom is -0.484 e. The molecule has 1 aromatic carbocycles. The lowest BCUT2D eigenvalue weighted by molar-refractivity contribution is -0.120. The minimum atomic E-state index is -0.557. The van der Waals surface area contributed by atoms with Gasteiger partial charge in [0, 0.05) is 11.8 Å². The van der Waals surface area contributed by atoms with E-state index in [9.17, 15) is 9.59 Å². The molecule has 6 heteroatoms. The average molecular weight is 279 g/mol. The van der Waals surface area contributed by atoms with Gasteiger partial charge >= 0.3 is 0 Å². The highest BCUT2D eigenvalue weighted by Gasteiger charge is 2.15. The summed E-state index contributed by atoms with van der Waals surface area (Å²) < 4.78 is 5.16. The minimum absolute atomic E-state index is 0.204. The molecule has 20 heavy (non-hydrogen) atoms. The van der Waals surface area contributed by atoms with Crippen LogP contribution in [0.15, 0.2) is 24.3 Å². The Labute approximate surface area is 118 Å². The molecule has 6 nitrogen and oxygen atoms in total. The lowest BCUT2D eigenvalue weighted by Gasteiger charge is -2.14. The van der Waals surface area contributed by atoms with Crippen molar-refractivity contribution in [3.63, 3.8) is 0 Å². The molecule has 0 unspecified atom stereocenters. The highest BCUT2D eigenvalue weighted by atomic mass is 16.5. The second-order valence-corrected chi connectivity index (χ2v) is 5.01. The molecule has 110 valence electrons. The normalized spacial score (nSPS) is 12.0. The van der Waals surface area contributed by atoms with Gasteiger partial charge in [0.25, 0.3) is 5.91 Å². The van der Waals surface area contributed by atoms with E-state index in [0.717, 1.165) is 0 Å². The van der Waals surface area contributed by atoms with Gasteiger partial charge in [-0.05, 0) is 24.5 Å². The molecule has 0 radical (unpaired) electrons. The summed E-state index contributed by atoms with van der Waals surface area (Å²) in [6.45, 7) is 3.81. The first-order valence-corrected chi connectivity index (χ1v) is 6.46. The van der Waals surface area contributed by atoms with Gasteiger partial charge in [0.15, 0.2) is 6.61 Å². The highest BCUT2D eigenvalue weighted by Crippen LogP contribution is 2.17. The molecular formula is C14H21N3O3. The fourth-order valence-corrected chi connectivity index (χ4v) is 1.67. The van der Waals surface area contributed by atoms with E-state index < -0.39 is 11.9 Å². The second-order valence-electron chi connectivity index (χ2n) is 5.01. The van der Waals surface area contributed by atoms with Crippen molar-refractivity contribution in [3.8, 4) is 5.75 Å². The average Bonchev–Trinajstić information content (AvgIpc) is 2.36. The van der Waals surface area contributed by atoms with Gasteiger partial charge in [-0.2, -0.15) is 0 Å². The first-order chi connectivity index (χ1) is 9.38. The van der Waals surface area contributed by atoms with Crippen molar-refractivity contribution in [1.82, 2.24) is 0 Å². The molecule has 0 aromatic heterocycles. The first kappa shape index (κ1) is 16.0. The van der Waals surface area contributed by atoms with Crippen molar-refractivity contribution < 1.29 is 14.3 Å². The zero-order chi connectivity index (χ0) is 15.1. The van der Waals surface area contributed by atoms with Gasteiger partial charge in [-0.25, -0.2) is 0 Å². The zero-order valence-corrected chi connectivity index (χ0v) is 11.8. The maximum Gasteiger partial charge on any atom is 0.255 e. The number of nitrogens with two attached hydrogens (primary N) is 2. The Morgan fingerprint density at radius 3 is 2.65 bits per heavy atom. The molecule has 1 rings (SSSR count). The van der Waals surface area contributed by atoms with Gasteiger partial charge in [-0.3, -0.25) is 9.59 Å². The van der Waals surface area contributed by atoms with Gasteiger partial charge in [0.1, 0.15) is 5.75 Å². The van der Waals surface area contributed by atoms with Crippen molar-refractivity contribution in [3.05, 3.63) is 24.3 Å². The number of hydrogen-bond donors (Lipinski definition) is 3. The topological polar surface area (TPSA) is 107 Å². The zero-order valence-electron chi connectivity index (χ0n) is 11.8. The van der Waals surface area contributed by atoms with E-state index in [-0.39, 0.29) is 12.5 Å². The maximum absolute atomic E-state index is 11.9. The number of anilines is 1. The predicted molar refractivity (Wildman–Crippen MR) is 77.2 cm³/mol. The van der Waals surface area contributed by atoms with Crippen LogP contribution in [0.4, 0.5) is 5.69 Å². The highest BCUT2D eigenvalue weighted by molar-refractivity contribution is 5.94. The van der Waals surface area contributed by atoms with E-state index in [1.165, 1.54) is 0 Å². The third kappa shape index (κ3) is 5.71. The van der Waals surface area contributed by atoms with Crippen LogP contribution in [0.2, 0.25) is 0 Å². The van der Waals surface area contributed by atoms with Crippen LogP contribution in [-0.4, -0.2) is 24.5 Å². The van der Waals surface area contributed by atoms with Crippen LogP contribution in [0, 0.1) is 5.92 Å². The van der Waals surface area contributed by atoms with Gasteiger partial charge < -0.3 is 21.5 Å². The molecule has 0 saturated carbocycles. The van der Waals surface area contributed by atoms with Crippen LogP contribution in [0.25, 0.3) is 0 Å². The molecule has 0 heterocycles. The van der Waals surface area contributed by atoms with Crippen molar-refractivity contribution in [1.29, 1.82) is 0 Å². The fraction of sp³-hybridized carbons (Fsp3) is 0.429. The largest absolute Gasteiger partial charge is 0.484 e. The molecule has 1 atom stereocenters. The van der Waals surface area contributed by atoms with Gasteiger partial charge in [-0.1, -0.05) is 19.9 Å². The lowest BCUT2D eigenvalue weighted by atomic mass is 10.0. The number of primary amides is 1. The maximum atomic E-state index is 11.9. The van der Waals surface area contributed by atoms with Gasteiger partial charge in [-0.15, -0.1) is 0 Å². The summed E-state index contributed by atoms with van der Waals surface area (Å²) >= 11 is 0. The van der Waals surface area contributed by atoms with Crippen LogP contribution < -0.4 is 21.5 Å². The Morgan fingerprint density at radius 1 is 1.35 bits per heavy atom.